The van der Waals surface area contributed by atoms with Crippen LogP contribution in [0.1, 0.15) is 34.6 Å². The van der Waals surface area contributed by atoms with Crippen LogP contribution in [-0.2, 0) is 17.8 Å². The number of hydrogen-bond donors (Lipinski definition) is 0. The monoisotopic (exact) mass is 562 g/mol. The van der Waals surface area contributed by atoms with Crippen molar-refractivity contribution in [3.63, 3.8) is 0 Å². The Balaban J connectivity index is 1.79. The van der Waals surface area contributed by atoms with Crippen LogP contribution in [0.5, 0.6) is 11.5 Å². The van der Waals surface area contributed by atoms with Gasteiger partial charge in [-0.2, -0.15) is 0 Å². The molecule has 0 N–H and O–H groups in total. The van der Waals surface area contributed by atoms with Crippen LogP contribution >= 0.6 is 34.5 Å². The lowest BCUT2D eigenvalue weighted by Crippen LogP contribution is -2.44. The summed E-state index contributed by atoms with van der Waals surface area (Å²) in [5.41, 5.74) is 1.42. The van der Waals surface area contributed by atoms with E-state index in [1.807, 2.05) is 49.6 Å². The molecule has 0 unspecified atom stereocenters. The molecule has 0 fully saturated rings. The summed E-state index contributed by atoms with van der Waals surface area (Å²) in [6, 6.07) is 14.5. The first kappa shape index (κ1) is 28.8. The first-order chi connectivity index (χ1) is 17.7. The number of carbonyl (C=O) groups excluding carboxylic acids is 2. The van der Waals surface area contributed by atoms with E-state index in [9.17, 15) is 9.59 Å². The van der Waals surface area contributed by atoms with Crippen LogP contribution in [0.15, 0.2) is 53.9 Å². The zero-order valence-electron chi connectivity index (χ0n) is 21.5. The molecule has 2 aromatic carbocycles. The number of benzene rings is 2. The molecule has 1 aromatic heterocycles. The van der Waals surface area contributed by atoms with Crippen molar-refractivity contribution in [3.8, 4) is 11.5 Å². The summed E-state index contributed by atoms with van der Waals surface area (Å²) in [5, 5.41) is 2.67. The van der Waals surface area contributed by atoms with Crippen LogP contribution in [-0.4, -0.2) is 55.5 Å². The van der Waals surface area contributed by atoms with Gasteiger partial charge in [-0.05, 0) is 59.7 Å². The van der Waals surface area contributed by atoms with E-state index in [4.69, 9.17) is 32.7 Å². The van der Waals surface area contributed by atoms with Crippen LogP contribution in [0.3, 0.4) is 0 Å². The molecule has 3 rings (SSSR count). The Hall–Kier alpha value is -2.74. The van der Waals surface area contributed by atoms with E-state index in [1.54, 1.807) is 53.6 Å². The van der Waals surface area contributed by atoms with E-state index >= 15 is 0 Å². The van der Waals surface area contributed by atoms with E-state index in [1.165, 1.54) is 0 Å². The molecule has 2 amide bonds. The van der Waals surface area contributed by atoms with Crippen LogP contribution in [0.25, 0.3) is 0 Å². The van der Waals surface area contributed by atoms with E-state index in [2.05, 4.69) is 0 Å². The minimum Gasteiger partial charge on any atom is -0.493 e. The first-order valence-electron chi connectivity index (χ1n) is 12.0. The quantitative estimate of drug-likeness (QED) is 0.255. The molecule has 37 heavy (non-hydrogen) atoms. The highest BCUT2D eigenvalue weighted by atomic mass is 35.5. The Bertz CT molecular complexity index is 1200. The summed E-state index contributed by atoms with van der Waals surface area (Å²) < 4.78 is 10.8. The van der Waals surface area contributed by atoms with Crippen molar-refractivity contribution >= 4 is 46.4 Å². The summed E-state index contributed by atoms with van der Waals surface area (Å²) in [6.45, 7) is 5.39. The van der Waals surface area contributed by atoms with Crippen LogP contribution < -0.4 is 9.47 Å². The molecule has 6 nitrogen and oxygen atoms in total. The Kier molecular flexibility index (Phi) is 10.7. The van der Waals surface area contributed by atoms with Crippen molar-refractivity contribution in [1.82, 2.24) is 9.80 Å². The Morgan fingerprint density at radius 2 is 1.70 bits per heavy atom. The van der Waals surface area contributed by atoms with Gasteiger partial charge in [-0.3, -0.25) is 9.59 Å². The van der Waals surface area contributed by atoms with Crippen molar-refractivity contribution in [3.05, 3.63) is 80.0 Å². The van der Waals surface area contributed by atoms with Gasteiger partial charge in [0.2, 0.25) is 5.91 Å². The normalized spacial score (nSPS) is 10.9. The molecule has 9 heteroatoms. The minimum atomic E-state index is -0.253. The minimum absolute atomic E-state index is 0.0332. The molecule has 0 radical (unpaired) electrons. The molecule has 0 atom stereocenters. The molecule has 0 aliphatic heterocycles. The fraction of sp³-hybridized carbons (Fsp3) is 0.357. The first-order valence-corrected chi connectivity index (χ1v) is 13.6. The average Bonchev–Trinajstić information content (AvgIpc) is 3.40. The number of rotatable bonds is 12. The predicted octanol–water partition coefficient (Wildman–Crippen LogP) is 6.44. The highest BCUT2D eigenvalue weighted by molar-refractivity contribution is 7.09. The fourth-order valence-electron chi connectivity index (χ4n) is 3.92. The van der Waals surface area contributed by atoms with Gasteiger partial charge in [0.1, 0.15) is 6.54 Å². The second-order valence-corrected chi connectivity index (χ2v) is 10.9. The Morgan fingerprint density at radius 1 is 0.946 bits per heavy atom. The molecule has 0 bridgehead atoms. The molecule has 0 saturated heterocycles. The fourth-order valence-corrected chi connectivity index (χ4v) is 4.94. The van der Waals surface area contributed by atoms with Gasteiger partial charge in [-0.1, -0.05) is 49.2 Å². The number of thiophene rings is 1. The van der Waals surface area contributed by atoms with Gasteiger partial charge in [0.15, 0.2) is 11.5 Å². The topological polar surface area (TPSA) is 59.1 Å². The third kappa shape index (κ3) is 8.12. The predicted molar refractivity (Wildman–Crippen MR) is 150 cm³/mol. The van der Waals surface area contributed by atoms with Gasteiger partial charge < -0.3 is 19.3 Å². The van der Waals surface area contributed by atoms with Crippen LogP contribution in [0, 0.1) is 5.92 Å². The largest absolute Gasteiger partial charge is 0.493 e. The number of carbonyl (C=O) groups is 2. The number of amides is 2. The SMILES string of the molecule is COc1ccc(CCN(Cc2cccs2)C(=O)CN(CC(C)C)C(=O)c2ccc(Cl)c(Cl)c2)cc1OC. The number of halogens is 2. The van der Waals surface area contributed by atoms with Gasteiger partial charge in [0.25, 0.3) is 5.91 Å². The second kappa shape index (κ2) is 13.7. The van der Waals surface area contributed by atoms with Gasteiger partial charge in [-0.15, -0.1) is 11.3 Å². The summed E-state index contributed by atoms with van der Waals surface area (Å²) >= 11 is 13.8. The van der Waals surface area contributed by atoms with Gasteiger partial charge in [0.05, 0.1) is 30.8 Å². The Morgan fingerprint density at radius 3 is 2.32 bits per heavy atom. The summed E-state index contributed by atoms with van der Waals surface area (Å²) in [5.74, 6) is 1.10. The molecular formula is C28H32Cl2N2O4S. The van der Waals surface area contributed by atoms with Gasteiger partial charge >= 0.3 is 0 Å². The third-order valence-corrected chi connectivity index (χ3v) is 7.36. The molecule has 198 valence electrons. The van der Waals surface area contributed by atoms with E-state index < -0.39 is 0 Å². The van der Waals surface area contributed by atoms with E-state index in [0.29, 0.717) is 53.2 Å². The molecule has 3 aromatic rings. The molecule has 1 heterocycles. The number of methoxy groups -OCH3 is 2. The van der Waals surface area contributed by atoms with Gasteiger partial charge in [-0.25, -0.2) is 0 Å². The van der Waals surface area contributed by atoms with Crippen molar-refractivity contribution in [2.75, 3.05) is 33.9 Å². The smallest absolute Gasteiger partial charge is 0.254 e. The van der Waals surface area contributed by atoms with Crippen molar-refractivity contribution < 1.29 is 19.1 Å². The lowest BCUT2D eigenvalue weighted by Gasteiger charge is -2.29. The van der Waals surface area contributed by atoms with Crippen LogP contribution in [0.4, 0.5) is 0 Å². The summed E-state index contributed by atoms with van der Waals surface area (Å²) in [6.07, 6.45) is 0.627. The molecule has 0 aliphatic carbocycles. The standard InChI is InChI=1S/C28H32Cl2N2O4S/c1-19(2)16-32(28(34)21-8-9-23(29)24(30)15-21)18-27(33)31(17-22-6-5-13-37-22)12-11-20-7-10-25(35-3)26(14-20)36-4/h5-10,13-15,19H,11-12,16-18H2,1-4H3. The highest BCUT2D eigenvalue weighted by Crippen LogP contribution is 2.28. The van der Waals surface area contributed by atoms with Gasteiger partial charge in [0, 0.05) is 23.5 Å². The van der Waals surface area contributed by atoms with Crippen LogP contribution in [0.2, 0.25) is 10.0 Å². The number of nitrogens with zero attached hydrogens (tertiary/aromatic N) is 2. The third-order valence-electron chi connectivity index (χ3n) is 5.76. The summed E-state index contributed by atoms with van der Waals surface area (Å²) in [4.78, 5) is 31.4. The maximum absolute atomic E-state index is 13.6. The van der Waals surface area contributed by atoms with Crippen molar-refractivity contribution in [2.45, 2.75) is 26.8 Å². The lowest BCUT2D eigenvalue weighted by molar-refractivity contribution is -0.132. The van der Waals surface area contributed by atoms with E-state index in [0.717, 1.165) is 10.4 Å². The summed E-state index contributed by atoms with van der Waals surface area (Å²) in [7, 11) is 3.20. The average molecular weight is 564 g/mol. The molecular weight excluding hydrogens is 531 g/mol. The van der Waals surface area contributed by atoms with Crippen molar-refractivity contribution in [2.24, 2.45) is 5.92 Å². The zero-order valence-corrected chi connectivity index (χ0v) is 23.8. The maximum Gasteiger partial charge on any atom is 0.254 e. The zero-order chi connectivity index (χ0) is 26.9. The molecule has 0 aliphatic rings. The van der Waals surface area contributed by atoms with E-state index in [-0.39, 0.29) is 24.3 Å². The molecule has 0 spiro atoms. The highest BCUT2D eigenvalue weighted by Gasteiger charge is 2.24. The van der Waals surface area contributed by atoms with Crippen molar-refractivity contribution in [1.29, 1.82) is 0 Å². The lowest BCUT2D eigenvalue weighted by atomic mass is 10.1. The number of hydrogen-bond acceptors (Lipinski definition) is 5. The maximum atomic E-state index is 13.6. The molecule has 0 saturated carbocycles. The Labute approximate surface area is 232 Å². The second-order valence-electron chi connectivity index (χ2n) is 9.04. The number of ether oxygens (including phenoxy) is 2.